The summed E-state index contributed by atoms with van der Waals surface area (Å²) in [6.07, 6.45) is 6.87. The Morgan fingerprint density at radius 2 is 2.00 bits per heavy atom. The molecule has 3 aromatic rings. The van der Waals surface area contributed by atoms with Gasteiger partial charge >= 0.3 is 5.69 Å². The maximum Gasteiger partial charge on any atom is 0.332 e. The van der Waals surface area contributed by atoms with Crippen molar-refractivity contribution in [1.29, 1.82) is 0 Å². The van der Waals surface area contributed by atoms with Crippen LogP contribution in [0.1, 0.15) is 18.9 Å². The SMILES string of the molecule is O=c1ccn(-c2ccnc3c2cnn3C2CCNCC2)c(=O)[nH]1. The molecular weight excluding hydrogens is 296 g/mol. The summed E-state index contributed by atoms with van der Waals surface area (Å²) in [5.74, 6) is 0. The van der Waals surface area contributed by atoms with Crippen molar-refractivity contribution in [2.45, 2.75) is 18.9 Å². The normalized spacial score (nSPS) is 16.0. The molecule has 8 nitrogen and oxygen atoms in total. The molecule has 8 heteroatoms. The molecule has 2 N–H and O–H groups in total. The number of aromatic amines is 1. The van der Waals surface area contributed by atoms with E-state index in [1.807, 2.05) is 4.68 Å². The molecule has 4 rings (SSSR count). The second-order valence-corrected chi connectivity index (χ2v) is 5.62. The van der Waals surface area contributed by atoms with E-state index >= 15 is 0 Å². The molecule has 4 heterocycles. The quantitative estimate of drug-likeness (QED) is 0.704. The van der Waals surface area contributed by atoms with Crippen LogP contribution in [0.25, 0.3) is 16.7 Å². The van der Waals surface area contributed by atoms with Gasteiger partial charge in [-0.2, -0.15) is 5.10 Å². The largest absolute Gasteiger partial charge is 0.332 e. The van der Waals surface area contributed by atoms with Crippen LogP contribution >= 0.6 is 0 Å². The summed E-state index contributed by atoms with van der Waals surface area (Å²) in [4.78, 5) is 30.0. The first-order valence-corrected chi connectivity index (χ1v) is 7.59. The van der Waals surface area contributed by atoms with Crippen LogP contribution in [-0.2, 0) is 0 Å². The van der Waals surface area contributed by atoms with Crippen LogP contribution in [0.3, 0.4) is 0 Å². The number of rotatable bonds is 2. The van der Waals surface area contributed by atoms with Crippen molar-refractivity contribution < 1.29 is 0 Å². The summed E-state index contributed by atoms with van der Waals surface area (Å²) in [5, 5.41) is 8.62. The van der Waals surface area contributed by atoms with E-state index in [0.717, 1.165) is 37.0 Å². The zero-order chi connectivity index (χ0) is 15.8. The number of piperidine rings is 1. The third-order valence-corrected chi connectivity index (χ3v) is 4.21. The van der Waals surface area contributed by atoms with Crippen LogP contribution in [0.2, 0.25) is 0 Å². The van der Waals surface area contributed by atoms with Crippen molar-refractivity contribution in [1.82, 2.24) is 29.6 Å². The fourth-order valence-corrected chi connectivity index (χ4v) is 3.07. The van der Waals surface area contributed by atoms with Gasteiger partial charge in [0.25, 0.3) is 5.56 Å². The lowest BCUT2D eigenvalue weighted by atomic mass is 10.1. The number of nitrogens with one attached hydrogen (secondary N) is 2. The highest BCUT2D eigenvalue weighted by Crippen LogP contribution is 2.25. The molecule has 1 aliphatic rings. The van der Waals surface area contributed by atoms with Crippen LogP contribution in [0.15, 0.2) is 40.3 Å². The van der Waals surface area contributed by atoms with E-state index < -0.39 is 11.2 Å². The lowest BCUT2D eigenvalue weighted by molar-refractivity contribution is 0.350. The third kappa shape index (κ3) is 2.36. The molecule has 3 aromatic heterocycles. The average molecular weight is 312 g/mol. The minimum absolute atomic E-state index is 0.309. The van der Waals surface area contributed by atoms with Crippen molar-refractivity contribution >= 4 is 11.0 Å². The molecule has 1 saturated heterocycles. The zero-order valence-electron chi connectivity index (χ0n) is 12.4. The number of hydrogen-bond acceptors (Lipinski definition) is 5. The van der Waals surface area contributed by atoms with Crippen LogP contribution in [0.5, 0.6) is 0 Å². The van der Waals surface area contributed by atoms with Crippen LogP contribution in [0, 0.1) is 0 Å². The number of pyridine rings is 1. The maximum atomic E-state index is 12.0. The molecule has 0 spiro atoms. The Morgan fingerprint density at radius 1 is 1.17 bits per heavy atom. The van der Waals surface area contributed by atoms with E-state index in [0.29, 0.717) is 11.7 Å². The van der Waals surface area contributed by atoms with Crippen LogP contribution in [0.4, 0.5) is 0 Å². The molecule has 23 heavy (non-hydrogen) atoms. The maximum absolute atomic E-state index is 12.0. The van der Waals surface area contributed by atoms with Crippen molar-refractivity contribution in [3.63, 3.8) is 0 Å². The highest BCUT2D eigenvalue weighted by atomic mass is 16.2. The molecule has 0 amide bonds. The van der Waals surface area contributed by atoms with Gasteiger partial charge in [-0.25, -0.2) is 14.5 Å². The summed E-state index contributed by atoms with van der Waals surface area (Å²) in [5.41, 5.74) is 0.533. The first kappa shape index (κ1) is 13.9. The van der Waals surface area contributed by atoms with Gasteiger partial charge in [0.05, 0.1) is 23.3 Å². The summed E-state index contributed by atoms with van der Waals surface area (Å²) in [6, 6.07) is 3.38. The van der Waals surface area contributed by atoms with Gasteiger partial charge in [-0.05, 0) is 32.0 Å². The lowest BCUT2D eigenvalue weighted by Crippen LogP contribution is -2.30. The van der Waals surface area contributed by atoms with Crippen molar-refractivity contribution in [2.24, 2.45) is 0 Å². The standard InChI is InChI=1S/C15H16N6O2/c22-13-4-8-20(15(23)19-13)12-3-7-17-14-11(12)9-18-21(14)10-1-5-16-6-2-10/h3-4,7-10,16H,1-2,5-6H2,(H,19,22,23). The van der Waals surface area contributed by atoms with Crippen molar-refractivity contribution in [2.75, 3.05) is 13.1 Å². The predicted molar refractivity (Wildman–Crippen MR) is 84.9 cm³/mol. The van der Waals surface area contributed by atoms with Gasteiger partial charge in [0.2, 0.25) is 0 Å². The molecule has 0 bridgehead atoms. The van der Waals surface area contributed by atoms with E-state index in [2.05, 4.69) is 20.4 Å². The van der Waals surface area contributed by atoms with Gasteiger partial charge in [0.1, 0.15) is 0 Å². The molecule has 0 radical (unpaired) electrons. The fourth-order valence-electron chi connectivity index (χ4n) is 3.07. The molecule has 0 unspecified atom stereocenters. The number of fused-ring (bicyclic) bond motifs is 1. The number of H-pyrrole nitrogens is 1. The lowest BCUT2D eigenvalue weighted by Gasteiger charge is -2.23. The summed E-state index contributed by atoms with van der Waals surface area (Å²) in [6.45, 7) is 1.93. The van der Waals surface area contributed by atoms with Crippen LogP contribution < -0.4 is 16.6 Å². The van der Waals surface area contributed by atoms with Gasteiger partial charge in [-0.1, -0.05) is 0 Å². The van der Waals surface area contributed by atoms with Crippen LogP contribution in [-0.4, -0.2) is 37.4 Å². The van der Waals surface area contributed by atoms with Crippen molar-refractivity contribution in [3.05, 3.63) is 51.6 Å². The van der Waals surface area contributed by atoms with E-state index in [-0.39, 0.29) is 0 Å². The van der Waals surface area contributed by atoms with E-state index in [9.17, 15) is 9.59 Å². The Kier molecular flexibility index (Phi) is 3.30. The molecule has 1 fully saturated rings. The Labute approximate surface area is 130 Å². The minimum atomic E-state index is -0.473. The third-order valence-electron chi connectivity index (χ3n) is 4.21. The Bertz CT molecular complexity index is 964. The van der Waals surface area contributed by atoms with E-state index in [1.54, 1.807) is 18.5 Å². The van der Waals surface area contributed by atoms with Gasteiger partial charge in [-0.15, -0.1) is 0 Å². The summed E-state index contributed by atoms with van der Waals surface area (Å²) >= 11 is 0. The first-order chi connectivity index (χ1) is 11.2. The van der Waals surface area contributed by atoms with E-state index in [4.69, 9.17) is 0 Å². The Hall–Kier alpha value is -2.74. The Balaban J connectivity index is 1.87. The summed E-state index contributed by atoms with van der Waals surface area (Å²) < 4.78 is 3.34. The zero-order valence-corrected chi connectivity index (χ0v) is 12.4. The highest BCUT2D eigenvalue weighted by Gasteiger charge is 2.19. The highest BCUT2D eigenvalue weighted by molar-refractivity contribution is 5.84. The summed E-state index contributed by atoms with van der Waals surface area (Å²) in [7, 11) is 0. The predicted octanol–water partition coefficient (Wildman–Crippen LogP) is 0.195. The Morgan fingerprint density at radius 3 is 2.78 bits per heavy atom. The smallest absolute Gasteiger partial charge is 0.317 e. The van der Waals surface area contributed by atoms with Gasteiger partial charge in [0, 0.05) is 18.5 Å². The van der Waals surface area contributed by atoms with E-state index in [1.165, 1.54) is 16.8 Å². The van der Waals surface area contributed by atoms with Crippen molar-refractivity contribution in [3.8, 4) is 5.69 Å². The second kappa shape index (κ2) is 5.47. The molecule has 1 aliphatic heterocycles. The first-order valence-electron chi connectivity index (χ1n) is 7.59. The number of nitrogens with zero attached hydrogens (tertiary/aromatic N) is 4. The monoisotopic (exact) mass is 312 g/mol. The molecule has 118 valence electrons. The number of hydrogen-bond donors (Lipinski definition) is 2. The topological polar surface area (TPSA) is 97.6 Å². The van der Waals surface area contributed by atoms with Gasteiger partial charge in [-0.3, -0.25) is 14.3 Å². The molecule has 0 atom stereocenters. The fraction of sp³-hybridized carbons (Fsp3) is 0.333. The number of aromatic nitrogens is 5. The molecule has 0 aliphatic carbocycles. The van der Waals surface area contributed by atoms with Gasteiger partial charge < -0.3 is 5.32 Å². The van der Waals surface area contributed by atoms with Gasteiger partial charge in [0.15, 0.2) is 5.65 Å². The second-order valence-electron chi connectivity index (χ2n) is 5.62. The average Bonchev–Trinajstić information content (AvgIpc) is 3.00. The molecular formula is C15H16N6O2. The molecule has 0 aromatic carbocycles. The molecule has 0 saturated carbocycles. The minimum Gasteiger partial charge on any atom is -0.317 e.